The van der Waals surface area contributed by atoms with Gasteiger partial charge in [-0.15, -0.1) is 0 Å². The molecule has 0 atom stereocenters. The first kappa shape index (κ1) is 13.3. The summed E-state index contributed by atoms with van der Waals surface area (Å²) >= 11 is 13.0. The fraction of sp³-hybridized carbons (Fsp3) is 0.0909. The second kappa shape index (κ2) is 5.22. The molecular weight excluding hydrogens is 295 g/mol. The normalized spacial score (nSPS) is 17.2. The number of amidine groups is 1. The molecule has 1 aromatic rings. The molecule has 1 aliphatic heterocycles. The van der Waals surface area contributed by atoms with E-state index < -0.39 is 0 Å². The average Bonchev–Trinajstić information content (AvgIpc) is 2.57. The summed E-state index contributed by atoms with van der Waals surface area (Å²) in [6.07, 6.45) is 1.60. The first-order valence-electron chi connectivity index (χ1n) is 4.82. The minimum Gasteiger partial charge on any atom is -0.495 e. The Kier molecular flexibility index (Phi) is 3.85. The molecule has 0 radical (unpaired) electrons. The molecule has 18 heavy (non-hydrogen) atoms. The molecule has 2 N–H and O–H groups in total. The number of nitrogens with two attached hydrogens (primary N) is 1. The highest BCUT2D eigenvalue weighted by molar-refractivity contribution is 8.18. The molecule has 7 heteroatoms. The molecule has 0 bridgehead atoms. The summed E-state index contributed by atoms with van der Waals surface area (Å²) in [5.41, 5.74) is 6.07. The van der Waals surface area contributed by atoms with Crippen LogP contribution in [0.5, 0.6) is 5.75 Å². The summed E-state index contributed by atoms with van der Waals surface area (Å²) in [6, 6.07) is 3.22. The van der Waals surface area contributed by atoms with Gasteiger partial charge in [0.15, 0.2) is 5.17 Å². The minimum atomic E-state index is -0.379. The third kappa shape index (κ3) is 2.63. The Morgan fingerprint density at radius 1 is 1.44 bits per heavy atom. The van der Waals surface area contributed by atoms with Crippen LogP contribution in [0.2, 0.25) is 10.0 Å². The molecule has 1 heterocycles. The first-order chi connectivity index (χ1) is 8.51. The maximum absolute atomic E-state index is 11.5. The van der Waals surface area contributed by atoms with Gasteiger partial charge in [-0.1, -0.05) is 23.2 Å². The molecule has 0 aromatic heterocycles. The van der Waals surface area contributed by atoms with E-state index in [1.54, 1.807) is 18.2 Å². The standard InChI is InChI=1S/C11H8Cl2N2O2S/c1-17-9-5(2-6(12)4-7(9)13)3-8-10(16)15-11(14)18-8/h2-4H,1H3,(H2,14,15,16)/b8-3+. The van der Waals surface area contributed by atoms with Crippen molar-refractivity contribution in [1.82, 2.24) is 0 Å². The maximum atomic E-state index is 11.5. The maximum Gasteiger partial charge on any atom is 0.286 e. The van der Waals surface area contributed by atoms with E-state index in [1.165, 1.54) is 7.11 Å². The van der Waals surface area contributed by atoms with Crippen molar-refractivity contribution in [1.29, 1.82) is 0 Å². The molecule has 0 saturated carbocycles. The Bertz CT molecular complexity index is 585. The lowest BCUT2D eigenvalue weighted by atomic mass is 10.2. The highest BCUT2D eigenvalue weighted by Gasteiger charge is 2.20. The largest absolute Gasteiger partial charge is 0.495 e. The van der Waals surface area contributed by atoms with Gasteiger partial charge in [0.1, 0.15) is 5.75 Å². The van der Waals surface area contributed by atoms with Crippen LogP contribution in [0.15, 0.2) is 22.0 Å². The molecule has 4 nitrogen and oxygen atoms in total. The minimum absolute atomic E-state index is 0.221. The zero-order valence-electron chi connectivity index (χ0n) is 9.24. The Morgan fingerprint density at radius 3 is 2.72 bits per heavy atom. The monoisotopic (exact) mass is 302 g/mol. The van der Waals surface area contributed by atoms with Gasteiger partial charge in [-0.05, 0) is 30.0 Å². The predicted molar refractivity (Wildman–Crippen MR) is 75.2 cm³/mol. The van der Waals surface area contributed by atoms with E-state index in [2.05, 4.69) is 4.99 Å². The first-order valence-corrected chi connectivity index (χ1v) is 6.39. The molecule has 2 rings (SSSR count). The van der Waals surface area contributed by atoms with E-state index in [9.17, 15) is 4.79 Å². The van der Waals surface area contributed by atoms with Crippen LogP contribution in [0.3, 0.4) is 0 Å². The van der Waals surface area contributed by atoms with Crippen LogP contribution in [-0.2, 0) is 4.79 Å². The summed E-state index contributed by atoms with van der Waals surface area (Å²) in [5.74, 6) is 0.0723. The number of nitrogens with zero attached hydrogens (tertiary/aromatic N) is 1. The number of methoxy groups -OCH3 is 1. The predicted octanol–water partition coefficient (Wildman–Crippen LogP) is 2.93. The van der Waals surface area contributed by atoms with Gasteiger partial charge in [0, 0.05) is 10.6 Å². The Morgan fingerprint density at radius 2 is 2.17 bits per heavy atom. The van der Waals surface area contributed by atoms with Gasteiger partial charge in [-0.2, -0.15) is 4.99 Å². The lowest BCUT2D eigenvalue weighted by Gasteiger charge is -2.08. The number of aliphatic imine (C=N–C) groups is 1. The van der Waals surface area contributed by atoms with Crippen LogP contribution in [0.25, 0.3) is 6.08 Å². The number of halogens is 2. The van der Waals surface area contributed by atoms with Crippen molar-refractivity contribution in [3.8, 4) is 5.75 Å². The lowest BCUT2D eigenvalue weighted by Crippen LogP contribution is -2.01. The van der Waals surface area contributed by atoms with Crippen LogP contribution in [0.1, 0.15) is 5.56 Å². The van der Waals surface area contributed by atoms with Crippen LogP contribution in [-0.4, -0.2) is 18.2 Å². The number of benzene rings is 1. The molecule has 0 aliphatic carbocycles. The molecule has 1 aliphatic rings. The summed E-state index contributed by atoms with van der Waals surface area (Å²) in [5, 5.41) is 1.05. The lowest BCUT2D eigenvalue weighted by molar-refractivity contribution is -0.113. The van der Waals surface area contributed by atoms with Crippen molar-refractivity contribution in [3.05, 3.63) is 32.6 Å². The molecule has 0 spiro atoms. The number of hydrogen-bond donors (Lipinski definition) is 1. The van der Waals surface area contributed by atoms with Crippen LogP contribution >= 0.6 is 35.0 Å². The average molecular weight is 303 g/mol. The van der Waals surface area contributed by atoms with Crippen molar-refractivity contribution in [2.24, 2.45) is 10.7 Å². The van der Waals surface area contributed by atoms with Crippen molar-refractivity contribution in [2.75, 3.05) is 7.11 Å². The topological polar surface area (TPSA) is 64.7 Å². The third-order valence-electron chi connectivity index (χ3n) is 2.16. The van der Waals surface area contributed by atoms with E-state index in [0.717, 1.165) is 11.8 Å². The van der Waals surface area contributed by atoms with E-state index in [0.29, 0.717) is 26.3 Å². The van der Waals surface area contributed by atoms with Crippen molar-refractivity contribution >= 4 is 52.1 Å². The third-order valence-corrected chi connectivity index (χ3v) is 3.48. The highest BCUT2D eigenvalue weighted by atomic mass is 35.5. The van der Waals surface area contributed by atoms with Crippen molar-refractivity contribution in [2.45, 2.75) is 0 Å². The fourth-order valence-corrected chi connectivity index (χ4v) is 2.73. The molecule has 0 saturated heterocycles. The van der Waals surface area contributed by atoms with Crippen molar-refractivity contribution < 1.29 is 9.53 Å². The molecule has 1 amide bonds. The zero-order valence-corrected chi connectivity index (χ0v) is 11.6. The summed E-state index contributed by atoms with van der Waals surface area (Å²) in [4.78, 5) is 15.5. The van der Waals surface area contributed by atoms with Gasteiger partial charge in [0.05, 0.1) is 17.0 Å². The second-order valence-corrected chi connectivity index (χ2v) is 5.28. The molecule has 0 unspecified atom stereocenters. The zero-order chi connectivity index (χ0) is 13.3. The number of carbonyl (C=O) groups excluding carboxylic acids is 1. The number of thioether (sulfide) groups is 1. The van der Waals surface area contributed by atoms with Gasteiger partial charge in [-0.25, -0.2) is 0 Å². The van der Waals surface area contributed by atoms with Crippen LogP contribution in [0.4, 0.5) is 0 Å². The number of rotatable bonds is 2. The molecule has 0 fully saturated rings. The van der Waals surface area contributed by atoms with Crippen LogP contribution < -0.4 is 10.5 Å². The summed E-state index contributed by atoms with van der Waals surface area (Å²) in [6.45, 7) is 0. The molecule has 1 aromatic carbocycles. The number of carbonyl (C=O) groups is 1. The van der Waals surface area contributed by atoms with Gasteiger partial charge < -0.3 is 10.5 Å². The van der Waals surface area contributed by atoms with E-state index in [4.69, 9.17) is 33.7 Å². The van der Waals surface area contributed by atoms with Crippen molar-refractivity contribution in [3.63, 3.8) is 0 Å². The molecule has 94 valence electrons. The highest BCUT2D eigenvalue weighted by Crippen LogP contribution is 2.35. The van der Waals surface area contributed by atoms with Gasteiger partial charge in [0.2, 0.25) is 0 Å². The van der Waals surface area contributed by atoms with Gasteiger partial charge in [-0.3, -0.25) is 4.79 Å². The Hall–Kier alpha value is -1.17. The number of amides is 1. The van der Waals surface area contributed by atoms with Crippen LogP contribution in [0, 0.1) is 0 Å². The summed E-state index contributed by atoms with van der Waals surface area (Å²) < 4.78 is 5.18. The van der Waals surface area contributed by atoms with E-state index >= 15 is 0 Å². The number of hydrogen-bond acceptors (Lipinski definition) is 4. The van der Waals surface area contributed by atoms with E-state index in [-0.39, 0.29) is 11.1 Å². The Balaban J connectivity index is 2.47. The van der Waals surface area contributed by atoms with Gasteiger partial charge in [0.25, 0.3) is 5.91 Å². The quantitative estimate of drug-likeness (QED) is 0.853. The fourth-order valence-electron chi connectivity index (χ4n) is 1.47. The smallest absolute Gasteiger partial charge is 0.286 e. The van der Waals surface area contributed by atoms with E-state index in [1.807, 2.05) is 0 Å². The van der Waals surface area contributed by atoms with Gasteiger partial charge >= 0.3 is 0 Å². The summed E-state index contributed by atoms with van der Waals surface area (Å²) in [7, 11) is 1.49. The molecular formula is C11H8Cl2N2O2S. The number of ether oxygens (including phenoxy) is 1. The SMILES string of the molecule is COc1c(Cl)cc(Cl)cc1/C=C1/SC(N)=NC1=O. The Labute approximate surface area is 118 Å². The second-order valence-electron chi connectivity index (χ2n) is 3.38.